The van der Waals surface area contributed by atoms with Crippen LogP contribution in [0.25, 0.3) is 0 Å². The number of hydrogen-bond acceptors (Lipinski definition) is 2. The molecule has 0 unspecified atom stereocenters. The molecule has 0 aromatic rings. The number of nitrogens with zero attached hydrogens (tertiary/aromatic N) is 1. The Morgan fingerprint density at radius 3 is 2.57 bits per heavy atom. The highest BCUT2D eigenvalue weighted by Gasteiger charge is 1.67. The quantitative estimate of drug-likeness (QED) is 0.400. The van der Waals surface area contributed by atoms with Crippen molar-refractivity contribution in [3.05, 3.63) is 11.1 Å². The summed E-state index contributed by atoms with van der Waals surface area (Å²) in [5.74, 6) is 0. The predicted octanol–water partition coefficient (Wildman–Crippen LogP) is 2.24. The molecule has 0 amide bonds. The molecule has 0 atom stereocenters. The van der Waals surface area contributed by atoms with Gasteiger partial charge in [-0.05, 0) is 34.4 Å². The highest BCUT2D eigenvalue weighted by molar-refractivity contribution is 14.1. The van der Waals surface area contributed by atoms with Crippen LogP contribution < -0.4 is 0 Å². The maximum absolute atomic E-state index is 3.98. The number of hydrogen-bond donors (Lipinski definition) is 1. The second kappa shape index (κ2) is 4.64. The van der Waals surface area contributed by atoms with Gasteiger partial charge in [0, 0.05) is 6.20 Å². The maximum Gasteiger partial charge on any atom is 0.0651 e. The van der Waals surface area contributed by atoms with E-state index in [0.717, 1.165) is 4.91 Å². The van der Waals surface area contributed by atoms with E-state index in [1.54, 1.807) is 10.4 Å². The molecule has 0 N–H and O–H groups in total. The van der Waals surface area contributed by atoms with Gasteiger partial charge in [-0.2, -0.15) is 0 Å². The molecular weight excluding hydrogens is 221 g/mol. The van der Waals surface area contributed by atoms with Gasteiger partial charge < -0.3 is 0 Å². The van der Waals surface area contributed by atoms with Crippen molar-refractivity contribution in [1.82, 2.24) is 0 Å². The molecule has 0 saturated carbocycles. The van der Waals surface area contributed by atoms with Crippen LogP contribution in [-0.4, -0.2) is 4.22 Å². The van der Waals surface area contributed by atoms with E-state index in [9.17, 15) is 0 Å². The Morgan fingerprint density at radius 1 is 1.86 bits per heavy atom. The van der Waals surface area contributed by atoms with E-state index < -0.39 is 0 Å². The summed E-state index contributed by atoms with van der Waals surface area (Å²) in [6, 6.07) is 0. The Kier molecular flexibility index (Phi) is 4.97. The molecule has 0 bridgehead atoms. The Labute approximate surface area is 62.5 Å². The van der Waals surface area contributed by atoms with Gasteiger partial charge in [-0.3, -0.25) is 4.99 Å². The first-order valence-corrected chi connectivity index (χ1v) is 3.44. The summed E-state index contributed by atoms with van der Waals surface area (Å²) in [5, 5.41) is 0. The van der Waals surface area contributed by atoms with Gasteiger partial charge >= 0.3 is 0 Å². The molecule has 1 nitrogen and oxygen atoms in total. The monoisotopic (exact) mass is 227 g/mol. The third-order valence-electron chi connectivity index (χ3n) is 0.318. The predicted molar refractivity (Wildman–Crippen MR) is 45.3 cm³/mol. The van der Waals surface area contributed by atoms with Gasteiger partial charge in [-0.25, -0.2) is 0 Å². The average molecular weight is 227 g/mol. The third kappa shape index (κ3) is 6.49. The summed E-state index contributed by atoms with van der Waals surface area (Å²) < 4.78 is 1.69. The Bertz CT molecular complexity index is 93.9. The summed E-state index contributed by atoms with van der Waals surface area (Å²) in [5.41, 5.74) is 0. The molecule has 0 radical (unpaired) electrons. The molecule has 0 aromatic carbocycles. The lowest BCUT2D eigenvalue weighted by atomic mass is 10.7. The van der Waals surface area contributed by atoms with Crippen LogP contribution in [0.4, 0.5) is 0 Å². The van der Waals surface area contributed by atoms with Crippen LogP contribution in [0.1, 0.15) is 6.92 Å². The highest BCUT2D eigenvalue weighted by atomic mass is 127. The molecule has 0 saturated heterocycles. The minimum Gasteiger partial charge on any atom is -0.257 e. The fourth-order valence-electron chi connectivity index (χ4n) is 0.136. The van der Waals surface area contributed by atoms with E-state index in [1.165, 1.54) is 0 Å². The van der Waals surface area contributed by atoms with Crippen LogP contribution in [-0.2, 0) is 0 Å². The molecule has 40 valence electrons. The number of rotatable bonds is 1. The lowest BCUT2D eigenvalue weighted by Crippen LogP contribution is -1.53. The number of aliphatic imine (C=N–C) groups is 1. The van der Waals surface area contributed by atoms with Crippen LogP contribution in [0.15, 0.2) is 16.1 Å². The first-order chi connectivity index (χ1) is 3.27. The summed E-state index contributed by atoms with van der Waals surface area (Å²) in [6.45, 7) is 1.88. The van der Waals surface area contributed by atoms with Crippen molar-refractivity contribution in [3.63, 3.8) is 0 Å². The van der Waals surface area contributed by atoms with Gasteiger partial charge in [0.15, 0.2) is 0 Å². The fourth-order valence-corrected chi connectivity index (χ4v) is 0.364. The standard InChI is InChI=1S/C4H6INS/c1-4(7)2-6-3-5/h2-3,7H,1H3/b4-2-,6-3-. The Balaban J connectivity index is 3.46. The first-order valence-electron chi connectivity index (χ1n) is 1.75. The van der Waals surface area contributed by atoms with Gasteiger partial charge in [-0.1, -0.05) is 0 Å². The number of allylic oxidation sites excluding steroid dienone is 1. The van der Waals surface area contributed by atoms with Crippen molar-refractivity contribution in [1.29, 1.82) is 0 Å². The normalized spacial score (nSPS) is 13.3. The van der Waals surface area contributed by atoms with E-state index >= 15 is 0 Å². The van der Waals surface area contributed by atoms with E-state index in [4.69, 9.17) is 0 Å². The first kappa shape index (κ1) is 7.49. The maximum atomic E-state index is 3.98. The highest BCUT2D eigenvalue weighted by Crippen LogP contribution is 1.95. The Hall–Kier alpha value is 0.490. The summed E-state index contributed by atoms with van der Waals surface area (Å²) in [4.78, 5) is 4.72. The molecule has 0 aliphatic rings. The number of halogens is 1. The van der Waals surface area contributed by atoms with E-state index in [2.05, 4.69) is 40.2 Å². The summed E-state index contributed by atoms with van der Waals surface area (Å²) in [6.07, 6.45) is 1.69. The van der Waals surface area contributed by atoms with Gasteiger partial charge in [0.25, 0.3) is 0 Å². The van der Waals surface area contributed by atoms with Gasteiger partial charge in [0.05, 0.1) is 4.22 Å². The zero-order chi connectivity index (χ0) is 5.70. The second-order valence-electron chi connectivity index (χ2n) is 1.02. The number of thiol groups is 1. The largest absolute Gasteiger partial charge is 0.257 e. The molecule has 3 heteroatoms. The van der Waals surface area contributed by atoms with Crippen LogP contribution in [0.5, 0.6) is 0 Å². The van der Waals surface area contributed by atoms with Crippen molar-refractivity contribution >= 4 is 39.4 Å². The van der Waals surface area contributed by atoms with Crippen molar-refractivity contribution in [3.8, 4) is 0 Å². The van der Waals surface area contributed by atoms with Crippen LogP contribution in [0.3, 0.4) is 0 Å². The minimum atomic E-state index is 0.924. The molecule has 7 heavy (non-hydrogen) atoms. The van der Waals surface area contributed by atoms with Gasteiger partial charge in [0.1, 0.15) is 0 Å². The molecule has 0 aromatic heterocycles. The van der Waals surface area contributed by atoms with Crippen LogP contribution in [0, 0.1) is 0 Å². The molecule has 0 aliphatic heterocycles. The zero-order valence-electron chi connectivity index (χ0n) is 3.93. The van der Waals surface area contributed by atoms with Crippen LogP contribution >= 0.6 is 35.2 Å². The van der Waals surface area contributed by atoms with E-state index in [1.807, 2.05) is 6.92 Å². The van der Waals surface area contributed by atoms with Crippen molar-refractivity contribution in [2.45, 2.75) is 6.92 Å². The molecule has 0 fully saturated rings. The minimum absolute atomic E-state index is 0.924. The third-order valence-corrected chi connectivity index (χ3v) is 0.755. The lowest BCUT2D eigenvalue weighted by molar-refractivity contribution is 1.53. The van der Waals surface area contributed by atoms with Crippen molar-refractivity contribution in [2.75, 3.05) is 0 Å². The molecule has 0 spiro atoms. The molecule has 0 heterocycles. The van der Waals surface area contributed by atoms with Gasteiger partial charge in [0.2, 0.25) is 0 Å². The van der Waals surface area contributed by atoms with Gasteiger partial charge in [-0.15, -0.1) is 12.6 Å². The summed E-state index contributed by atoms with van der Waals surface area (Å²) in [7, 11) is 0. The smallest absolute Gasteiger partial charge is 0.0651 e. The summed E-state index contributed by atoms with van der Waals surface area (Å²) >= 11 is 6.03. The molecule has 0 rings (SSSR count). The second-order valence-corrected chi connectivity index (χ2v) is 2.28. The average Bonchev–Trinajstić information content (AvgIpc) is 1.61. The van der Waals surface area contributed by atoms with Crippen molar-refractivity contribution in [2.24, 2.45) is 4.99 Å². The van der Waals surface area contributed by atoms with Crippen LogP contribution in [0.2, 0.25) is 0 Å². The van der Waals surface area contributed by atoms with E-state index in [-0.39, 0.29) is 0 Å². The Morgan fingerprint density at radius 2 is 2.43 bits per heavy atom. The topological polar surface area (TPSA) is 12.4 Å². The molecule has 0 aliphatic carbocycles. The molecular formula is C4H6INS. The van der Waals surface area contributed by atoms with Crippen molar-refractivity contribution < 1.29 is 0 Å². The fraction of sp³-hybridized carbons (Fsp3) is 0.250. The SMILES string of the molecule is C/C(S)=C/N=C\I. The lowest BCUT2D eigenvalue weighted by Gasteiger charge is -1.76. The van der Waals surface area contributed by atoms with E-state index in [0.29, 0.717) is 0 Å². The zero-order valence-corrected chi connectivity index (χ0v) is 6.98.